The zero-order valence-corrected chi connectivity index (χ0v) is 12.2. The highest BCUT2D eigenvalue weighted by Crippen LogP contribution is 2.42. The first-order valence-electron chi connectivity index (χ1n) is 6.45. The topological polar surface area (TPSA) is 83.5 Å². The first kappa shape index (κ1) is 13.6. The lowest BCUT2D eigenvalue weighted by atomic mass is 10.2. The lowest BCUT2D eigenvalue weighted by Crippen LogP contribution is -1.94. The maximum atomic E-state index is 10.2. The third kappa shape index (κ3) is 2.73. The van der Waals surface area contributed by atoms with Crippen molar-refractivity contribution in [1.82, 2.24) is 14.5 Å². The van der Waals surface area contributed by atoms with E-state index in [-0.39, 0.29) is 11.5 Å². The van der Waals surface area contributed by atoms with Crippen molar-refractivity contribution in [2.75, 3.05) is 0 Å². The monoisotopic (exact) mass is 302 g/mol. The molecule has 2 heterocycles. The largest absolute Gasteiger partial charge is 0.506 e. The summed E-state index contributed by atoms with van der Waals surface area (Å²) in [5.41, 5.74) is 0.732. The van der Waals surface area contributed by atoms with Crippen LogP contribution in [0.3, 0.4) is 0 Å². The fourth-order valence-electron chi connectivity index (χ4n) is 2.03. The van der Waals surface area contributed by atoms with E-state index in [4.69, 9.17) is 0 Å². The van der Waals surface area contributed by atoms with Crippen LogP contribution < -0.4 is 0 Å². The summed E-state index contributed by atoms with van der Waals surface area (Å²) in [5, 5.41) is 20.9. The van der Waals surface area contributed by atoms with Crippen LogP contribution in [0, 0.1) is 6.92 Å². The second kappa shape index (κ2) is 5.53. The van der Waals surface area contributed by atoms with Crippen molar-refractivity contribution in [3.8, 4) is 11.5 Å². The van der Waals surface area contributed by atoms with Crippen LogP contribution in [-0.4, -0.2) is 31.0 Å². The number of rotatable bonds is 4. The smallest absolute Gasteiger partial charge is 0.168 e. The van der Waals surface area contributed by atoms with E-state index in [0.717, 1.165) is 11.6 Å². The van der Waals surface area contributed by atoms with Crippen LogP contribution in [0.25, 0.3) is 10.2 Å². The Kier molecular flexibility index (Phi) is 3.57. The van der Waals surface area contributed by atoms with Gasteiger partial charge in [-0.05, 0) is 6.92 Å². The number of benzene rings is 1. The minimum absolute atomic E-state index is 0.00558. The van der Waals surface area contributed by atoms with Gasteiger partial charge in [0.25, 0.3) is 0 Å². The molecule has 0 unspecified atom stereocenters. The van der Waals surface area contributed by atoms with Gasteiger partial charge in [-0.15, -0.1) is 11.3 Å². The van der Waals surface area contributed by atoms with Gasteiger partial charge in [0, 0.05) is 37.6 Å². The number of aromatic hydroxyl groups is 2. The van der Waals surface area contributed by atoms with Gasteiger partial charge in [-0.2, -0.15) is 0 Å². The summed E-state index contributed by atoms with van der Waals surface area (Å²) >= 11 is 1.34. The second-order valence-electron chi connectivity index (χ2n) is 4.57. The van der Waals surface area contributed by atoms with Crippen LogP contribution in [0.1, 0.15) is 11.4 Å². The molecule has 7 heteroatoms. The second-order valence-corrected chi connectivity index (χ2v) is 5.78. The zero-order valence-electron chi connectivity index (χ0n) is 11.4. The number of phenols is 2. The van der Waals surface area contributed by atoms with Crippen molar-refractivity contribution in [3.05, 3.63) is 29.8 Å². The molecule has 21 heavy (non-hydrogen) atoms. The number of aromatic nitrogens is 3. The van der Waals surface area contributed by atoms with E-state index in [9.17, 15) is 10.2 Å². The highest BCUT2D eigenvalue weighted by atomic mass is 32.1. The number of hydrogen-bond acceptors (Lipinski definition) is 6. The Morgan fingerprint density at radius 2 is 2.29 bits per heavy atom. The average Bonchev–Trinajstić information content (AvgIpc) is 3.09. The Morgan fingerprint density at radius 3 is 3.05 bits per heavy atom. The number of phenolic OH excluding ortho intramolecular Hbond substituents is 2. The Hall–Kier alpha value is -2.41. The maximum absolute atomic E-state index is 10.2. The van der Waals surface area contributed by atoms with Crippen molar-refractivity contribution in [2.45, 2.75) is 19.9 Å². The molecule has 0 fully saturated rings. The van der Waals surface area contributed by atoms with Crippen LogP contribution >= 0.6 is 11.3 Å². The van der Waals surface area contributed by atoms with E-state index >= 15 is 0 Å². The summed E-state index contributed by atoms with van der Waals surface area (Å²) in [4.78, 5) is 12.4. The SMILES string of the molecule is Cc1nc2c(O)c(N=CCCn3ccnc3)cc(O)c2s1. The number of aliphatic imine (C=N–C) groups is 1. The summed E-state index contributed by atoms with van der Waals surface area (Å²) in [7, 11) is 0. The van der Waals surface area contributed by atoms with E-state index in [2.05, 4.69) is 15.0 Å². The summed E-state index contributed by atoms with van der Waals surface area (Å²) < 4.78 is 2.53. The molecule has 0 aliphatic heterocycles. The predicted octanol–water partition coefficient (Wildman–Crippen LogP) is 3.01. The summed E-state index contributed by atoms with van der Waals surface area (Å²) in [6, 6.07) is 1.46. The summed E-state index contributed by atoms with van der Waals surface area (Å²) in [6.07, 6.45) is 7.74. The van der Waals surface area contributed by atoms with Crippen LogP contribution in [0.4, 0.5) is 5.69 Å². The van der Waals surface area contributed by atoms with Gasteiger partial charge in [0.05, 0.1) is 11.3 Å². The quantitative estimate of drug-likeness (QED) is 0.573. The van der Waals surface area contributed by atoms with Crippen LogP contribution in [-0.2, 0) is 6.54 Å². The van der Waals surface area contributed by atoms with Crippen LogP contribution in [0.15, 0.2) is 29.8 Å². The molecule has 0 spiro atoms. The van der Waals surface area contributed by atoms with E-state index < -0.39 is 0 Å². The molecule has 0 aliphatic rings. The van der Waals surface area contributed by atoms with Crippen molar-refractivity contribution in [1.29, 1.82) is 0 Å². The number of aryl methyl sites for hydroxylation is 2. The standard InChI is InChI=1S/C14H14N4O2S/c1-9-17-12-13(20)10(7-11(19)14(12)21-9)16-3-2-5-18-6-4-15-8-18/h3-4,6-8,19-20H,2,5H2,1H3. The van der Waals surface area contributed by atoms with Crippen molar-refractivity contribution < 1.29 is 10.2 Å². The molecule has 0 radical (unpaired) electrons. The number of nitrogens with zero attached hydrogens (tertiary/aromatic N) is 4. The van der Waals surface area contributed by atoms with Gasteiger partial charge in [-0.1, -0.05) is 0 Å². The van der Waals surface area contributed by atoms with Gasteiger partial charge in [0.2, 0.25) is 0 Å². The first-order chi connectivity index (χ1) is 10.1. The predicted molar refractivity (Wildman–Crippen MR) is 82.7 cm³/mol. The maximum Gasteiger partial charge on any atom is 0.168 e. The van der Waals surface area contributed by atoms with E-state index in [1.54, 1.807) is 18.7 Å². The third-order valence-corrected chi connectivity index (χ3v) is 4.01. The molecule has 2 N–H and O–H groups in total. The van der Waals surface area contributed by atoms with Gasteiger partial charge in [-0.3, -0.25) is 4.99 Å². The number of thiazole rings is 1. The number of imidazole rings is 1. The highest BCUT2D eigenvalue weighted by Gasteiger charge is 2.14. The van der Waals surface area contributed by atoms with E-state index in [1.165, 1.54) is 17.4 Å². The normalized spacial score (nSPS) is 11.7. The molecule has 0 aliphatic carbocycles. The molecule has 0 saturated heterocycles. The van der Waals surface area contributed by atoms with Gasteiger partial charge in [-0.25, -0.2) is 9.97 Å². The molecule has 0 amide bonds. The number of fused-ring (bicyclic) bond motifs is 1. The van der Waals surface area contributed by atoms with Crippen molar-refractivity contribution in [2.24, 2.45) is 4.99 Å². The fraction of sp³-hybridized carbons (Fsp3) is 0.214. The lowest BCUT2D eigenvalue weighted by Gasteiger charge is -2.02. The Bertz CT molecular complexity index is 793. The molecule has 0 bridgehead atoms. The minimum Gasteiger partial charge on any atom is -0.506 e. The first-order valence-corrected chi connectivity index (χ1v) is 7.27. The zero-order chi connectivity index (χ0) is 14.8. The number of hydrogen-bond donors (Lipinski definition) is 2. The molecular formula is C14H14N4O2S. The molecule has 1 aromatic carbocycles. The van der Waals surface area contributed by atoms with Gasteiger partial charge >= 0.3 is 0 Å². The van der Waals surface area contributed by atoms with Gasteiger partial charge in [0.15, 0.2) is 5.75 Å². The van der Waals surface area contributed by atoms with Crippen LogP contribution in [0.5, 0.6) is 11.5 Å². The van der Waals surface area contributed by atoms with E-state index in [1.807, 2.05) is 17.7 Å². The lowest BCUT2D eigenvalue weighted by molar-refractivity contribution is 0.471. The van der Waals surface area contributed by atoms with Gasteiger partial charge in [0.1, 0.15) is 21.7 Å². The molecule has 0 saturated carbocycles. The average molecular weight is 302 g/mol. The highest BCUT2D eigenvalue weighted by molar-refractivity contribution is 7.19. The van der Waals surface area contributed by atoms with Gasteiger partial charge < -0.3 is 14.8 Å². The summed E-state index contributed by atoms with van der Waals surface area (Å²) in [5.74, 6) is 0.0983. The minimum atomic E-state index is 0.00558. The Morgan fingerprint density at radius 1 is 1.43 bits per heavy atom. The molecule has 108 valence electrons. The van der Waals surface area contributed by atoms with Crippen molar-refractivity contribution in [3.63, 3.8) is 0 Å². The molecule has 3 rings (SSSR count). The molecule has 6 nitrogen and oxygen atoms in total. The third-order valence-electron chi connectivity index (χ3n) is 3.01. The van der Waals surface area contributed by atoms with Crippen LogP contribution in [0.2, 0.25) is 0 Å². The molecular weight excluding hydrogens is 288 g/mol. The molecule has 2 aromatic heterocycles. The summed E-state index contributed by atoms with van der Waals surface area (Å²) in [6.45, 7) is 2.59. The Labute approximate surface area is 125 Å². The Balaban J connectivity index is 1.81. The molecule has 3 aromatic rings. The fourth-order valence-corrected chi connectivity index (χ4v) is 2.87. The van der Waals surface area contributed by atoms with Crippen molar-refractivity contribution >= 4 is 33.5 Å². The van der Waals surface area contributed by atoms with E-state index in [0.29, 0.717) is 22.3 Å². The molecule has 0 atom stereocenters.